The number of hydrogen-bond acceptors (Lipinski definition) is 40. The van der Waals surface area contributed by atoms with Gasteiger partial charge in [-0.15, -0.1) is 0 Å². The molecule has 0 unspecified atom stereocenters. The molecule has 105 heavy (non-hydrogen) atoms. The molecule has 0 aromatic rings. The number of aliphatic carboxylic acids is 2. The van der Waals surface area contributed by atoms with Crippen LogP contribution in [-0.2, 0) is 95.1 Å². The number of carboxylic acid groups (broad SMARTS) is 2. The lowest BCUT2D eigenvalue weighted by molar-refractivity contribution is -0.384. The summed E-state index contributed by atoms with van der Waals surface area (Å²) in [6.07, 6.45) is -66.6. The van der Waals surface area contributed by atoms with Crippen LogP contribution in [0, 0.1) is 0 Å². The number of amides is 5. The summed E-state index contributed by atoms with van der Waals surface area (Å²) in [5, 5.41) is 253. The molecule has 0 radical (unpaired) electrons. The average Bonchev–Trinajstić information content (AvgIpc) is 0.755. The summed E-state index contributed by atoms with van der Waals surface area (Å²) in [5.74, 6) is -15.2. The molecule has 0 aromatic heterocycles. The second kappa shape index (κ2) is 37.1. The zero-order valence-corrected chi connectivity index (χ0v) is 56.6. The highest BCUT2D eigenvalue weighted by molar-refractivity contribution is 5.78. The van der Waals surface area contributed by atoms with Crippen LogP contribution in [-0.4, -0.2) is 426 Å². The molecule has 37 atom stereocenters. The predicted molar refractivity (Wildman–Crippen MR) is 324 cm³/mol. The van der Waals surface area contributed by atoms with E-state index in [-0.39, 0.29) is 0 Å². The van der Waals surface area contributed by atoms with E-state index in [1.165, 1.54) is 0 Å². The number of carbonyl (C=O) groups is 7. The summed E-state index contributed by atoms with van der Waals surface area (Å²) in [7, 11) is 0. The first kappa shape index (κ1) is 87.2. The molecule has 7 aliphatic heterocycles. The third-order valence-corrected chi connectivity index (χ3v) is 18.5. The topological polar surface area (TPSA) is 745 Å². The van der Waals surface area contributed by atoms with E-state index in [0.29, 0.717) is 0 Å². The molecule has 604 valence electrons. The van der Waals surface area contributed by atoms with Gasteiger partial charge in [0.25, 0.3) is 11.6 Å². The molecule has 27 N–H and O–H groups in total. The molecule has 47 heteroatoms. The molecule has 0 saturated carbocycles. The van der Waals surface area contributed by atoms with Crippen molar-refractivity contribution >= 4 is 41.5 Å². The fraction of sp³-hybridized carbons (Fsp3) is 0.879. The van der Waals surface area contributed by atoms with Gasteiger partial charge in [-0.25, -0.2) is 9.59 Å². The van der Waals surface area contributed by atoms with Gasteiger partial charge >= 0.3 is 11.9 Å². The van der Waals surface area contributed by atoms with Gasteiger partial charge in [0.15, 0.2) is 31.5 Å². The van der Waals surface area contributed by atoms with Crippen LogP contribution in [0.1, 0.15) is 47.5 Å². The Morgan fingerprint density at radius 2 is 0.752 bits per heavy atom. The molecular weight excluding hydrogens is 1440 g/mol. The van der Waals surface area contributed by atoms with Crippen molar-refractivity contribution in [1.82, 2.24) is 26.6 Å². The van der Waals surface area contributed by atoms with Gasteiger partial charge in [-0.3, -0.25) is 24.0 Å². The molecule has 7 heterocycles. The Balaban J connectivity index is 1.09. The average molecular weight is 1530 g/mol. The first-order valence-electron chi connectivity index (χ1n) is 32.9. The van der Waals surface area contributed by atoms with Crippen molar-refractivity contribution in [2.45, 2.75) is 273 Å². The van der Waals surface area contributed by atoms with Gasteiger partial charge in [-0.1, -0.05) is 0 Å². The van der Waals surface area contributed by atoms with Crippen molar-refractivity contribution in [3.8, 4) is 0 Å². The highest BCUT2D eigenvalue weighted by Gasteiger charge is 2.64. The summed E-state index contributed by atoms with van der Waals surface area (Å²) in [4.78, 5) is 89.0. The highest BCUT2D eigenvalue weighted by atomic mass is 16.8. The summed E-state index contributed by atoms with van der Waals surface area (Å²) in [6, 6.07) is -9.14. The summed E-state index contributed by atoms with van der Waals surface area (Å²) in [6.45, 7) is -3.29. The zero-order chi connectivity index (χ0) is 78.3. The summed E-state index contributed by atoms with van der Waals surface area (Å²) >= 11 is 0. The number of aliphatic hydroxyl groups is 20. The maximum atomic E-state index is 13.3. The van der Waals surface area contributed by atoms with Crippen molar-refractivity contribution in [2.24, 2.45) is 0 Å². The number of nitrogens with one attached hydrogen (secondary N) is 5. The number of carboxylic acids is 2. The third-order valence-electron chi connectivity index (χ3n) is 18.5. The van der Waals surface area contributed by atoms with Crippen LogP contribution in [0.4, 0.5) is 0 Å². The first-order valence-corrected chi connectivity index (χ1v) is 32.9. The Labute approximate surface area is 593 Å². The maximum Gasteiger partial charge on any atom is 0.364 e. The third kappa shape index (κ3) is 19.6. The van der Waals surface area contributed by atoms with E-state index in [1.54, 1.807) is 0 Å². The fourth-order valence-electron chi connectivity index (χ4n) is 13.3. The normalized spacial score (nSPS) is 43.6. The van der Waals surface area contributed by atoms with E-state index in [0.717, 1.165) is 34.6 Å². The highest BCUT2D eigenvalue weighted by Crippen LogP contribution is 2.42. The molecular formula is C58H95N5O42. The van der Waals surface area contributed by atoms with Crippen molar-refractivity contribution < 1.29 is 207 Å². The molecule has 5 amide bonds. The monoisotopic (exact) mass is 1530 g/mol. The quantitative estimate of drug-likeness (QED) is 0.0318. The Bertz CT molecular complexity index is 2900. The summed E-state index contributed by atoms with van der Waals surface area (Å²) in [5.41, 5.74) is 0. The van der Waals surface area contributed by atoms with E-state index in [9.17, 15) is 146 Å². The van der Waals surface area contributed by atoms with Gasteiger partial charge in [0.05, 0.1) is 70.5 Å². The van der Waals surface area contributed by atoms with Gasteiger partial charge in [-0.05, 0) is 0 Å². The van der Waals surface area contributed by atoms with Crippen molar-refractivity contribution in [3.63, 3.8) is 0 Å². The molecule has 0 bridgehead atoms. The molecule has 47 nitrogen and oxygen atoms in total. The molecule has 7 aliphatic rings. The van der Waals surface area contributed by atoms with E-state index in [2.05, 4.69) is 26.6 Å². The lowest BCUT2D eigenvalue weighted by Crippen LogP contribution is -2.72. The molecule has 0 aromatic carbocycles. The smallest absolute Gasteiger partial charge is 0.364 e. The fourth-order valence-corrected chi connectivity index (χ4v) is 13.3. The van der Waals surface area contributed by atoms with Crippen LogP contribution in [0.2, 0.25) is 0 Å². The SMILES string of the molecule is CC(=O)N[C@@H]1[C@@H](O[C@@H]2O[C@H](CO)[C@H](O[C@@H]3O[C@H](CO)[C@@H](O)[C@H](O[C@]4(C(=O)O)C[C@H](O)[C@@H](NC(C)=O)[C@H]([C@H](O)[C@H](O)CO)O4)[C@H]3NC(C)=O)[C@H](O)[C@H]2O)[C@@H](O)[C@@H](CO[C@@H]2O[C@H](CO)[C@@H](O[C@@H]3O[C@H](CO)[C@H](O)[C@H](O[C@]4(C(=O)O)C[C@H](O)[C@@H](NC(C)=O)[C@H]([C@H](O)[C@H](O)CO)O4)[C@H]3O)[C@H](O)[C@H]2NC(C)=O)O[C@@H]1O. The number of aliphatic hydroxyl groups excluding tert-OH is 20. The van der Waals surface area contributed by atoms with Gasteiger partial charge in [0, 0.05) is 47.5 Å². The maximum absolute atomic E-state index is 13.3. The Morgan fingerprint density at radius 3 is 1.20 bits per heavy atom. The van der Waals surface area contributed by atoms with E-state index < -0.39 is 326 Å². The van der Waals surface area contributed by atoms with Crippen LogP contribution < -0.4 is 26.6 Å². The van der Waals surface area contributed by atoms with E-state index in [4.69, 9.17) is 61.6 Å². The van der Waals surface area contributed by atoms with Gasteiger partial charge < -0.3 is 201 Å². The minimum atomic E-state index is -3.24. The second-order valence-electron chi connectivity index (χ2n) is 26.1. The predicted octanol–water partition coefficient (Wildman–Crippen LogP) is -17.1. The van der Waals surface area contributed by atoms with Crippen LogP contribution >= 0.6 is 0 Å². The van der Waals surface area contributed by atoms with Crippen molar-refractivity contribution in [3.05, 3.63) is 0 Å². The molecule has 7 saturated heterocycles. The summed E-state index contributed by atoms with van der Waals surface area (Å²) < 4.78 is 75.5. The Morgan fingerprint density at radius 1 is 0.390 bits per heavy atom. The van der Waals surface area contributed by atoms with E-state index in [1.807, 2.05) is 0 Å². The minimum Gasteiger partial charge on any atom is -0.477 e. The van der Waals surface area contributed by atoms with Gasteiger partial charge in [-0.2, -0.15) is 0 Å². The molecule has 0 aliphatic carbocycles. The largest absolute Gasteiger partial charge is 0.477 e. The molecule has 0 spiro atoms. The minimum absolute atomic E-state index is 0.849. The Kier molecular flexibility index (Phi) is 30.8. The van der Waals surface area contributed by atoms with Crippen LogP contribution in [0.15, 0.2) is 0 Å². The Hall–Kier alpha value is -5.03. The van der Waals surface area contributed by atoms with Crippen LogP contribution in [0.25, 0.3) is 0 Å². The van der Waals surface area contributed by atoms with Crippen LogP contribution in [0.3, 0.4) is 0 Å². The van der Waals surface area contributed by atoms with Crippen molar-refractivity contribution in [2.75, 3.05) is 46.2 Å². The lowest BCUT2D eigenvalue weighted by atomic mass is 9.88. The van der Waals surface area contributed by atoms with Gasteiger partial charge in [0.1, 0.15) is 159 Å². The molecule has 7 rings (SSSR count). The van der Waals surface area contributed by atoms with Crippen LogP contribution in [0.5, 0.6) is 0 Å². The zero-order valence-electron chi connectivity index (χ0n) is 56.6. The number of carbonyl (C=O) groups excluding carboxylic acids is 5. The van der Waals surface area contributed by atoms with E-state index >= 15 is 0 Å². The lowest BCUT2D eigenvalue weighted by Gasteiger charge is -2.52. The van der Waals surface area contributed by atoms with Gasteiger partial charge in [0.2, 0.25) is 29.5 Å². The number of rotatable bonds is 30. The first-order chi connectivity index (χ1) is 49.3. The second-order valence-corrected chi connectivity index (χ2v) is 26.1. The molecule has 7 fully saturated rings. The number of ether oxygens (including phenoxy) is 13. The standard InChI is InChI=1S/C58H95N5O42/c1-15(70)59-29-20(75)6-57(55(89)90,102-46(29)34(79)22(77)8-64)104-48-33(63-19(5)74)52(95-24(10-66)36(48)81)99-44-27(13-69)98-53(41(86)40(44)85)101-45-32(62-18(4)73)50(88)94-28(38(45)83)14-93-51-31(61-17(3)72)39(84)43(26(12-68)97-51)100-54-42(87)49(37(82)25(11-67)96-54)105-58(56(91)92)7-21(76)30(60-16(2)71)47(103-58)35(80)23(78)9-65/h20-54,64-69,75-88H,6-14H2,1-5H3,(H,59,70)(H,60,71)(H,61,72)(H,62,73)(H,63,74)(H,89,90)(H,91,92)/t20-,21-,22+,23+,24+,25+,26+,27+,28+,29+,30+,31+,32+,33+,34+,35+,36+,37-,38-,39+,40+,41+,42+,43+,44-,45+,46+,47+,48+,49-,50-,51+,52-,53-,54-,57-,58-/m0/s1. The van der Waals surface area contributed by atoms with Crippen molar-refractivity contribution in [1.29, 1.82) is 0 Å². The number of hydrogen-bond donors (Lipinski definition) is 27.